The molecular weight excluding hydrogens is 356 g/mol. The van der Waals surface area contributed by atoms with Crippen LogP contribution in [-0.4, -0.2) is 41.2 Å². The first-order chi connectivity index (χ1) is 13.5. The molecule has 0 unspecified atom stereocenters. The quantitative estimate of drug-likeness (QED) is 0.768. The second-order valence-electron chi connectivity index (χ2n) is 7.18. The first kappa shape index (κ1) is 20.0. The summed E-state index contributed by atoms with van der Waals surface area (Å²) in [5, 5.41) is 0. The Bertz CT molecular complexity index is 865. The van der Waals surface area contributed by atoms with Gasteiger partial charge in [-0.2, -0.15) is 0 Å². The number of rotatable bonds is 6. The Morgan fingerprint density at radius 1 is 1.11 bits per heavy atom. The Hall–Kier alpha value is -2.76. The normalized spacial score (nSPS) is 14.8. The van der Waals surface area contributed by atoms with Crippen LogP contribution in [0.25, 0.3) is 0 Å². The Labute approximate surface area is 165 Å². The number of amides is 1. The summed E-state index contributed by atoms with van der Waals surface area (Å²) in [5.41, 5.74) is 1.78. The Morgan fingerprint density at radius 2 is 1.79 bits per heavy atom. The summed E-state index contributed by atoms with van der Waals surface area (Å²) in [6.07, 6.45) is 1.96. The van der Waals surface area contributed by atoms with Gasteiger partial charge in [-0.25, -0.2) is 0 Å². The summed E-state index contributed by atoms with van der Waals surface area (Å²) in [6, 6.07) is 11.1. The molecule has 0 bridgehead atoms. The molecule has 1 aliphatic heterocycles. The highest BCUT2D eigenvalue weighted by atomic mass is 16.5. The fourth-order valence-electron chi connectivity index (χ4n) is 3.38. The van der Waals surface area contributed by atoms with E-state index in [9.17, 15) is 9.59 Å². The first-order valence-corrected chi connectivity index (χ1v) is 9.80. The van der Waals surface area contributed by atoms with Crippen LogP contribution in [0.2, 0.25) is 0 Å². The Kier molecular flexibility index (Phi) is 6.39. The standard InChI is InChI=1S/C22H28N2O4/c1-4-27-18-7-5-17(6-8-18)14-22(26)24-11-9-19(10-12-24)28-20-13-16(2)23(3)21(25)15-20/h5-8,13,15,19H,4,9-12,14H2,1-3H3. The van der Waals surface area contributed by atoms with Crippen LogP contribution >= 0.6 is 0 Å². The van der Waals surface area contributed by atoms with E-state index in [1.165, 1.54) is 6.07 Å². The van der Waals surface area contributed by atoms with Crippen LogP contribution in [0.4, 0.5) is 0 Å². The topological polar surface area (TPSA) is 60.8 Å². The number of ether oxygens (including phenoxy) is 2. The van der Waals surface area contributed by atoms with Gasteiger partial charge in [0.2, 0.25) is 5.91 Å². The fourth-order valence-corrected chi connectivity index (χ4v) is 3.38. The maximum atomic E-state index is 12.6. The van der Waals surface area contributed by atoms with Crippen LogP contribution in [0.3, 0.4) is 0 Å². The van der Waals surface area contributed by atoms with E-state index in [-0.39, 0.29) is 17.6 Å². The molecule has 28 heavy (non-hydrogen) atoms. The lowest BCUT2D eigenvalue weighted by atomic mass is 10.1. The van der Waals surface area contributed by atoms with E-state index in [0.717, 1.165) is 29.8 Å². The molecule has 2 aromatic rings. The van der Waals surface area contributed by atoms with Crippen molar-refractivity contribution in [2.45, 2.75) is 39.2 Å². The average molecular weight is 384 g/mol. The molecule has 0 aliphatic carbocycles. The van der Waals surface area contributed by atoms with Crippen molar-refractivity contribution in [2.75, 3.05) is 19.7 Å². The van der Waals surface area contributed by atoms with Gasteiger partial charge in [-0.3, -0.25) is 9.59 Å². The first-order valence-electron chi connectivity index (χ1n) is 9.80. The molecule has 3 rings (SSSR count). The molecule has 0 N–H and O–H groups in total. The van der Waals surface area contributed by atoms with Crippen molar-refractivity contribution >= 4 is 5.91 Å². The van der Waals surface area contributed by atoms with E-state index in [0.29, 0.717) is 31.9 Å². The van der Waals surface area contributed by atoms with Gasteiger partial charge in [-0.1, -0.05) is 12.1 Å². The van der Waals surface area contributed by atoms with Gasteiger partial charge in [-0.05, 0) is 37.6 Å². The van der Waals surface area contributed by atoms with E-state index >= 15 is 0 Å². The smallest absolute Gasteiger partial charge is 0.254 e. The number of nitrogens with zero attached hydrogens (tertiary/aromatic N) is 2. The van der Waals surface area contributed by atoms with Gasteiger partial charge < -0.3 is 18.9 Å². The third kappa shape index (κ3) is 4.94. The van der Waals surface area contributed by atoms with Gasteiger partial charge in [-0.15, -0.1) is 0 Å². The summed E-state index contributed by atoms with van der Waals surface area (Å²) in [6.45, 7) is 5.81. The highest BCUT2D eigenvalue weighted by Crippen LogP contribution is 2.20. The average Bonchev–Trinajstić information content (AvgIpc) is 2.68. The van der Waals surface area contributed by atoms with Crippen molar-refractivity contribution in [3.05, 3.63) is 58.0 Å². The Balaban J connectivity index is 1.50. The maximum absolute atomic E-state index is 12.6. The zero-order chi connectivity index (χ0) is 20.1. The molecule has 6 nitrogen and oxygen atoms in total. The lowest BCUT2D eigenvalue weighted by molar-refractivity contribution is -0.132. The number of pyridine rings is 1. The number of aromatic nitrogens is 1. The zero-order valence-electron chi connectivity index (χ0n) is 16.8. The molecular formula is C22H28N2O4. The molecule has 0 spiro atoms. The molecule has 1 aliphatic rings. The van der Waals surface area contributed by atoms with Crippen molar-refractivity contribution in [1.82, 2.24) is 9.47 Å². The zero-order valence-corrected chi connectivity index (χ0v) is 16.8. The lowest BCUT2D eigenvalue weighted by Gasteiger charge is -2.32. The molecule has 2 heterocycles. The predicted molar refractivity (Wildman–Crippen MR) is 108 cm³/mol. The van der Waals surface area contributed by atoms with Gasteiger partial charge in [0.15, 0.2) is 0 Å². The minimum absolute atomic E-state index is 0.0287. The van der Waals surface area contributed by atoms with Gasteiger partial charge in [0.1, 0.15) is 17.6 Å². The summed E-state index contributed by atoms with van der Waals surface area (Å²) in [7, 11) is 1.75. The van der Waals surface area contributed by atoms with E-state index in [1.807, 2.05) is 49.1 Å². The number of piperidine rings is 1. The molecule has 1 amide bonds. The molecule has 1 aromatic carbocycles. The van der Waals surface area contributed by atoms with Crippen LogP contribution in [-0.2, 0) is 18.3 Å². The number of hydrogen-bond acceptors (Lipinski definition) is 4. The second-order valence-corrected chi connectivity index (χ2v) is 7.18. The van der Waals surface area contributed by atoms with Gasteiger partial charge in [0, 0.05) is 44.7 Å². The van der Waals surface area contributed by atoms with Gasteiger partial charge >= 0.3 is 0 Å². The van der Waals surface area contributed by atoms with E-state index in [4.69, 9.17) is 9.47 Å². The Morgan fingerprint density at radius 3 is 2.39 bits per heavy atom. The molecule has 1 saturated heterocycles. The number of carbonyl (C=O) groups is 1. The molecule has 1 fully saturated rings. The monoisotopic (exact) mass is 384 g/mol. The minimum Gasteiger partial charge on any atom is -0.494 e. The van der Waals surface area contributed by atoms with E-state index in [2.05, 4.69) is 0 Å². The summed E-state index contributed by atoms with van der Waals surface area (Å²) < 4.78 is 13.0. The summed E-state index contributed by atoms with van der Waals surface area (Å²) in [5.74, 6) is 1.56. The van der Waals surface area contributed by atoms with E-state index in [1.54, 1.807) is 11.6 Å². The van der Waals surface area contributed by atoms with Crippen molar-refractivity contribution in [1.29, 1.82) is 0 Å². The number of aryl methyl sites for hydroxylation is 1. The number of hydrogen-bond donors (Lipinski definition) is 0. The SMILES string of the molecule is CCOc1ccc(CC(=O)N2CCC(Oc3cc(C)n(C)c(=O)c3)CC2)cc1. The van der Waals surface area contributed by atoms with Gasteiger partial charge in [0.25, 0.3) is 5.56 Å². The van der Waals surface area contributed by atoms with Crippen molar-refractivity contribution < 1.29 is 14.3 Å². The van der Waals surface area contributed by atoms with Crippen LogP contribution in [0.5, 0.6) is 11.5 Å². The number of carbonyl (C=O) groups excluding carboxylic acids is 1. The summed E-state index contributed by atoms with van der Waals surface area (Å²) in [4.78, 5) is 26.4. The molecule has 1 aromatic heterocycles. The molecule has 0 saturated carbocycles. The molecule has 150 valence electrons. The third-order valence-corrected chi connectivity index (χ3v) is 5.16. The maximum Gasteiger partial charge on any atom is 0.254 e. The highest BCUT2D eigenvalue weighted by molar-refractivity contribution is 5.78. The largest absolute Gasteiger partial charge is 0.494 e. The second kappa shape index (κ2) is 8.95. The van der Waals surface area contributed by atoms with Crippen LogP contribution in [0, 0.1) is 6.92 Å². The fraction of sp³-hybridized carbons (Fsp3) is 0.455. The van der Waals surface area contributed by atoms with Gasteiger partial charge in [0.05, 0.1) is 13.0 Å². The third-order valence-electron chi connectivity index (χ3n) is 5.16. The molecule has 6 heteroatoms. The van der Waals surface area contributed by atoms with Crippen LogP contribution < -0.4 is 15.0 Å². The van der Waals surface area contributed by atoms with E-state index < -0.39 is 0 Å². The molecule has 0 radical (unpaired) electrons. The van der Waals surface area contributed by atoms with Crippen molar-refractivity contribution in [3.63, 3.8) is 0 Å². The predicted octanol–water partition coefficient (Wildman–Crippen LogP) is 2.70. The van der Waals surface area contributed by atoms with Crippen LogP contribution in [0.15, 0.2) is 41.2 Å². The van der Waals surface area contributed by atoms with Crippen LogP contribution in [0.1, 0.15) is 31.0 Å². The van der Waals surface area contributed by atoms with Crippen molar-refractivity contribution in [3.8, 4) is 11.5 Å². The highest BCUT2D eigenvalue weighted by Gasteiger charge is 2.24. The molecule has 0 atom stereocenters. The minimum atomic E-state index is -0.0713. The number of likely N-dealkylation sites (tertiary alicyclic amines) is 1. The summed E-state index contributed by atoms with van der Waals surface area (Å²) >= 11 is 0. The van der Waals surface area contributed by atoms with Crippen molar-refractivity contribution in [2.24, 2.45) is 7.05 Å². The number of benzene rings is 1. The lowest BCUT2D eigenvalue weighted by Crippen LogP contribution is -2.42.